The molecule has 8 heteroatoms. The Kier molecular flexibility index (Phi) is 4.67. The lowest BCUT2D eigenvalue weighted by molar-refractivity contribution is -0.132. The lowest BCUT2D eigenvalue weighted by Gasteiger charge is -2.39. The SMILES string of the molecule is Cc1cc(N2C(=O)C3=C(C(=O)C4CC(Cl)C(C)CC4O3)C2c2cccc(Cl)c2)no1. The lowest BCUT2D eigenvalue weighted by Crippen LogP contribution is -2.44. The molecule has 0 N–H and O–H groups in total. The van der Waals surface area contributed by atoms with Crippen LogP contribution in [0.15, 0.2) is 46.2 Å². The molecule has 0 saturated heterocycles. The number of amides is 1. The molecule has 30 heavy (non-hydrogen) atoms. The van der Waals surface area contributed by atoms with Gasteiger partial charge in [0.2, 0.25) is 0 Å². The zero-order valence-electron chi connectivity index (χ0n) is 16.5. The molecule has 2 aliphatic heterocycles. The molecule has 1 saturated carbocycles. The first kappa shape index (κ1) is 19.6. The second kappa shape index (κ2) is 7.13. The third-order valence-electron chi connectivity index (χ3n) is 6.24. The topological polar surface area (TPSA) is 72.6 Å². The van der Waals surface area contributed by atoms with Crippen LogP contribution in [-0.4, -0.2) is 28.3 Å². The van der Waals surface area contributed by atoms with E-state index in [0.717, 1.165) is 0 Å². The van der Waals surface area contributed by atoms with Crippen molar-refractivity contribution >= 4 is 40.7 Å². The van der Waals surface area contributed by atoms with E-state index in [1.54, 1.807) is 31.2 Å². The van der Waals surface area contributed by atoms with E-state index in [9.17, 15) is 9.59 Å². The van der Waals surface area contributed by atoms with Gasteiger partial charge >= 0.3 is 0 Å². The highest BCUT2D eigenvalue weighted by Gasteiger charge is 2.54. The molecule has 1 aromatic heterocycles. The highest BCUT2D eigenvalue weighted by atomic mass is 35.5. The van der Waals surface area contributed by atoms with Gasteiger partial charge in [-0.05, 0) is 43.4 Å². The summed E-state index contributed by atoms with van der Waals surface area (Å²) >= 11 is 12.7. The van der Waals surface area contributed by atoms with Crippen molar-refractivity contribution in [2.24, 2.45) is 11.8 Å². The molecule has 6 nitrogen and oxygen atoms in total. The summed E-state index contributed by atoms with van der Waals surface area (Å²) < 4.78 is 11.4. The van der Waals surface area contributed by atoms with Gasteiger partial charge in [-0.25, -0.2) is 0 Å². The Bertz CT molecular complexity index is 1080. The number of rotatable bonds is 2. The second-order valence-electron chi connectivity index (χ2n) is 8.26. The van der Waals surface area contributed by atoms with Gasteiger partial charge in [0.25, 0.3) is 5.91 Å². The van der Waals surface area contributed by atoms with Gasteiger partial charge in [0.15, 0.2) is 17.4 Å². The number of anilines is 1. The monoisotopic (exact) mass is 446 g/mol. The number of alkyl halides is 1. The molecule has 2 aromatic rings. The van der Waals surface area contributed by atoms with Gasteiger partial charge in [-0.3, -0.25) is 14.5 Å². The number of ketones is 1. The number of halogens is 2. The summed E-state index contributed by atoms with van der Waals surface area (Å²) in [5.74, 6) is 0.364. The van der Waals surface area contributed by atoms with E-state index in [2.05, 4.69) is 5.16 Å². The molecule has 0 radical (unpaired) electrons. The number of carbonyl (C=O) groups is 2. The summed E-state index contributed by atoms with van der Waals surface area (Å²) in [5, 5.41) is 4.44. The van der Waals surface area contributed by atoms with E-state index < -0.39 is 11.9 Å². The van der Waals surface area contributed by atoms with Crippen LogP contribution in [0.4, 0.5) is 5.82 Å². The van der Waals surface area contributed by atoms with Crippen molar-refractivity contribution in [3.05, 3.63) is 58.0 Å². The van der Waals surface area contributed by atoms with Gasteiger partial charge in [-0.1, -0.05) is 35.8 Å². The molecule has 1 fully saturated rings. The summed E-state index contributed by atoms with van der Waals surface area (Å²) in [7, 11) is 0. The van der Waals surface area contributed by atoms with Gasteiger partial charge in [0, 0.05) is 16.5 Å². The van der Waals surface area contributed by atoms with Crippen LogP contribution in [-0.2, 0) is 14.3 Å². The molecule has 5 rings (SSSR count). The summed E-state index contributed by atoms with van der Waals surface area (Å²) in [6.45, 7) is 3.79. The molecular formula is C22H20Cl2N2O4. The average Bonchev–Trinajstić information content (AvgIpc) is 3.25. The molecule has 3 heterocycles. The van der Waals surface area contributed by atoms with Crippen molar-refractivity contribution in [2.75, 3.05) is 4.90 Å². The van der Waals surface area contributed by atoms with Crippen molar-refractivity contribution in [1.29, 1.82) is 0 Å². The minimum atomic E-state index is -0.683. The lowest BCUT2D eigenvalue weighted by atomic mass is 9.74. The van der Waals surface area contributed by atoms with Gasteiger partial charge in [-0.2, -0.15) is 0 Å². The zero-order chi connectivity index (χ0) is 21.2. The number of carbonyl (C=O) groups excluding carboxylic acids is 2. The number of aryl methyl sites for hydroxylation is 1. The summed E-state index contributed by atoms with van der Waals surface area (Å²) in [5.41, 5.74) is 1.06. The van der Waals surface area contributed by atoms with E-state index in [-0.39, 0.29) is 34.9 Å². The molecule has 3 aliphatic rings. The first-order valence-corrected chi connectivity index (χ1v) is 10.8. The fraction of sp³-hybridized carbons (Fsp3) is 0.409. The fourth-order valence-corrected chi connectivity index (χ4v) is 5.21. The van der Waals surface area contributed by atoms with E-state index >= 15 is 0 Å². The molecule has 5 unspecified atom stereocenters. The first-order chi connectivity index (χ1) is 14.3. The minimum absolute atomic E-state index is 0.0835. The van der Waals surface area contributed by atoms with Crippen molar-refractivity contribution in [2.45, 2.75) is 44.2 Å². The maximum Gasteiger partial charge on any atom is 0.295 e. The summed E-state index contributed by atoms with van der Waals surface area (Å²) in [6, 6.07) is 8.12. The fourth-order valence-electron chi connectivity index (χ4n) is 4.71. The van der Waals surface area contributed by atoms with Crippen LogP contribution < -0.4 is 4.90 Å². The van der Waals surface area contributed by atoms with Crippen LogP contribution in [0.3, 0.4) is 0 Å². The predicted octanol–water partition coefficient (Wildman–Crippen LogP) is 4.60. The van der Waals surface area contributed by atoms with E-state index in [4.69, 9.17) is 32.5 Å². The standard InChI is InChI=1S/C22H20Cl2N2O4/c1-10-6-16-14(9-15(10)24)20(27)18-19(12-4-3-5-13(23)8-12)26(22(28)21(18)29-16)17-7-11(2)30-25-17/h3-5,7-8,10,14-16,19H,6,9H2,1-2H3. The Morgan fingerprint density at radius 3 is 2.70 bits per heavy atom. The van der Waals surface area contributed by atoms with Gasteiger partial charge in [-0.15, -0.1) is 11.6 Å². The third-order valence-corrected chi connectivity index (χ3v) is 7.08. The molecule has 1 aliphatic carbocycles. The quantitative estimate of drug-likeness (QED) is 0.630. The summed E-state index contributed by atoms with van der Waals surface area (Å²) in [6.07, 6.45) is 0.825. The Morgan fingerprint density at radius 2 is 2.00 bits per heavy atom. The molecular weight excluding hydrogens is 427 g/mol. The smallest absolute Gasteiger partial charge is 0.295 e. The van der Waals surface area contributed by atoms with Crippen LogP contribution in [0, 0.1) is 18.8 Å². The highest BCUT2D eigenvalue weighted by Crippen LogP contribution is 2.49. The minimum Gasteiger partial charge on any atom is -0.483 e. The molecule has 1 amide bonds. The van der Waals surface area contributed by atoms with Crippen LogP contribution in [0.2, 0.25) is 5.02 Å². The van der Waals surface area contributed by atoms with E-state index in [1.165, 1.54) is 4.90 Å². The Hall–Kier alpha value is -2.31. The van der Waals surface area contributed by atoms with Gasteiger partial charge in [0.05, 0.1) is 17.5 Å². The zero-order valence-corrected chi connectivity index (χ0v) is 18.0. The number of fused-ring (bicyclic) bond motifs is 1. The van der Waals surface area contributed by atoms with Crippen LogP contribution in [0.1, 0.15) is 37.1 Å². The number of Topliss-reactive ketones (excluding diaryl/α,β-unsaturated/α-hetero) is 1. The maximum absolute atomic E-state index is 13.6. The number of hydrogen-bond donors (Lipinski definition) is 0. The molecule has 156 valence electrons. The molecule has 5 atom stereocenters. The maximum atomic E-state index is 13.6. The first-order valence-electron chi connectivity index (χ1n) is 9.96. The van der Waals surface area contributed by atoms with Gasteiger partial charge < -0.3 is 9.26 Å². The average molecular weight is 447 g/mol. The number of aromatic nitrogens is 1. The molecule has 1 aromatic carbocycles. The number of benzene rings is 1. The largest absolute Gasteiger partial charge is 0.483 e. The Morgan fingerprint density at radius 1 is 1.20 bits per heavy atom. The van der Waals surface area contributed by atoms with Gasteiger partial charge in [0.1, 0.15) is 11.9 Å². The van der Waals surface area contributed by atoms with Crippen LogP contribution >= 0.6 is 23.2 Å². The number of nitrogens with zero attached hydrogens (tertiary/aromatic N) is 2. The molecule has 0 bridgehead atoms. The normalized spacial score (nSPS) is 30.9. The van der Waals surface area contributed by atoms with E-state index in [1.807, 2.05) is 13.0 Å². The Balaban J connectivity index is 1.64. The Labute approximate surface area is 183 Å². The summed E-state index contributed by atoms with van der Waals surface area (Å²) in [4.78, 5) is 28.5. The van der Waals surface area contributed by atoms with Crippen molar-refractivity contribution in [1.82, 2.24) is 5.16 Å². The predicted molar refractivity (Wildman–Crippen MR) is 111 cm³/mol. The van der Waals surface area contributed by atoms with Crippen LogP contribution in [0.5, 0.6) is 0 Å². The molecule has 0 spiro atoms. The third kappa shape index (κ3) is 2.96. The highest BCUT2D eigenvalue weighted by molar-refractivity contribution is 6.30. The van der Waals surface area contributed by atoms with E-state index in [0.29, 0.717) is 40.6 Å². The second-order valence-corrected chi connectivity index (χ2v) is 9.26. The van der Waals surface area contributed by atoms with Crippen LogP contribution in [0.25, 0.3) is 0 Å². The van der Waals surface area contributed by atoms with Crippen molar-refractivity contribution in [3.8, 4) is 0 Å². The van der Waals surface area contributed by atoms with Crippen molar-refractivity contribution < 1.29 is 18.8 Å². The number of hydrogen-bond acceptors (Lipinski definition) is 5. The number of ether oxygens (including phenoxy) is 1. The van der Waals surface area contributed by atoms with Crippen molar-refractivity contribution in [3.63, 3.8) is 0 Å².